The molecule has 0 aliphatic carbocycles. The van der Waals surface area contributed by atoms with E-state index in [9.17, 15) is 4.39 Å². The minimum absolute atomic E-state index is 0.0127. The van der Waals surface area contributed by atoms with E-state index in [2.05, 4.69) is 24.4 Å². The summed E-state index contributed by atoms with van der Waals surface area (Å²) in [6.07, 6.45) is 1.00. The Bertz CT molecular complexity index is 586. The molecule has 0 saturated carbocycles. The van der Waals surface area contributed by atoms with E-state index in [-0.39, 0.29) is 11.1 Å². The normalized spacial score (nSPS) is 12.0. The van der Waals surface area contributed by atoms with Crippen molar-refractivity contribution in [3.8, 4) is 5.75 Å². The van der Waals surface area contributed by atoms with Gasteiger partial charge in [0.1, 0.15) is 17.7 Å². The molecule has 0 aliphatic rings. The highest BCUT2D eigenvalue weighted by Crippen LogP contribution is 2.20. The van der Waals surface area contributed by atoms with Gasteiger partial charge in [0.05, 0.1) is 11.6 Å². The smallest absolute Gasteiger partial charge is 0.141 e. The molecule has 0 amide bonds. The van der Waals surface area contributed by atoms with Crippen molar-refractivity contribution >= 4 is 17.3 Å². The second-order valence-corrected chi connectivity index (χ2v) is 5.34. The van der Waals surface area contributed by atoms with E-state index in [0.29, 0.717) is 6.54 Å². The van der Waals surface area contributed by atoms with E-state index in [4.69, 9.17) is 16.3 Å². The Balaban J connectivity index is 1.86. The monoisotopic (exact) mass is 307 g/mol. The van der Waals surface area contributed by atoms with Crippen molar-refractivity contribution in [1.82, 2.24) is 0 Å². The number of rotatable bonds is 6. The van der Waals surface area contributed by atoms with Crippen molar-refractivity contribution in [3.05, 3.63) is 58.9 Å². The summed E-state index contributed by atoms with van der Waals surface area (Å²) in [5.74, 6) is 0.432. The number of ether oxygens (including phenoxy) is 1. The summed E-state index contributed by atoms with van der Waals surface area (Å²) in [5.41, 5.74) is 2.06. The Hall–Kier alpha value is -1.74. The number of anilines is 1. The minimum Gasteiger partial charge on any atom is -0.489 e. The van der Waals surface area contributed by atoms with Crippen molar-refractivity contribution in [3.63, 3.8) is 0 Å². The van der Waals surface area contributed by atoms with Crippen LogP contribution < -0.4 is 10.1 Å². The summed E-state index contributed by atoms with van der Waals surface area (Å²) in [5, 5.41) is 3.29. The first-order chi connectivity index (χ1) is 10.1. The summed E-state index contributed by atoms with van der Waals surface area (Å²) in [6.45, 7) is 4.71. The fourth-order valence-electron chi connectivity index (χ4n) is 1.95. The van der Waals surface area contributed by atoms with E-state index < -0.39 is 5.82 Å². The lowest BCUT2D eigenvalue weighted by atomic mass is 10.2. The first-order valence-corrected chi connectivity index (χ1v) is 7.40. The van der Waals surface area contributed by atoms with Crippen LogP contribution in [0.4, 0.5) is 10.1 Å². The Kier molecular flexibility index (Phi) is 5.45. The standard InChI is InChI=1S/C17H19ClFNO/c1-3-13-4-7-15(8-5-13)21-12(2)11-20-14-6-9-17(19)16(18)10-14/h4-10,12,20H,3,11H2,1-2H3. The molecule has 2 aromatic rings. The molecule has 0 radical (unpaired) electrons. The quantitative estimate of drug-likeness (QED) is 0.817. The Morgan fingerprint density at radius 2 is 1.90 bits per heavy atom. The molecule has 1 unspecified atom stereocenters. The van der Waals surface area contributed by atoms with Gasteiger partial charge in [-0.05, 0) is 49.2 Å². The zero-order chi connectivity index (χ0) is 15.2. The van der Waals surface area contributed by atoms with Crippen LogP contribution in [-0.4, -0.2) is 12.6 Å². The lowest BCUT2D eigenvalue weighted by Crippen LogP contribution is -2.22. The number of hydrogen-bond donors (Lipinski definition) is 1. The maximum absolute atomic E-state index is 13.1. The van der Waals surface area contributed by atoms with E-state index >= 15 is 0 Å². The van der Waals surface area contributed by atoms with Crippen molar-refractivity contribution < 1.29 is 9.13 Å². The van der Waals surface area contributed by atoms with Crippen molar-refractivity contribution in [2.45, 2.75) is 26.4 Å². The van der Waals surface area contributed by atoms with Gasteiger partial charge in [-0.1, -0.05) is 30.7 Å². The zero-order valence-electron chi connectivity index (χ0n) is 12.2. The molecule has 2 nitrogen and oxygen atoms in total. The summed E-state index contributed by atoms with van der Waals surface area (Å²) in [6, 6.07) is 12.7. The van der Waals surface area contributed by atoms with Gasteiger partial charge >= 0.3 is 0 Å². The average molecular weight is 308 g/mol. The van der Waals surface area contributed by atoms with Crippen LogP contribution in [0, 0.1) is 5.82 Å². The SMILES string of the molecule is CCc1ccc(OC(C)CNc2ccc(F)c(Cl)c2)cc1. The molecule has 2 aromatic carbocycles. The molecule has 0 bridgehead atoms. The molecule has 2 rings (SSSR count). The van der Waals surface area contributed by atoms with Gasteiger partial charge in [-0.25, -0.2) is 4.39 Å². The van der Waals surface area contributed by atoms with Gasteiger partial charge in [0.25, 0.3) is 0 Å². The largest absolute Gasteiger partial charge is 0.489 e. The number of halogens is 2. The molecule has 0 saturated heterocycles. The molecule has 4 heteroatoms. The molecule has 1 atom stereocenters. The molecular formula is C17H19ClFNO. The molecule has 0 fully saturated rings. The van der Waals surface area contributed by atoms with Crippen LogP contribution in [0.25, 0.3) is 0 Å². The van der Waals surface area contributed by atoms with Gasteiger partial charge in [0.15, 0.2) is 0 Å². The molecule has 0 aromatic heterocycles. The van der Waals surface area contributed by atoms with Crippen LogP contribution in [0.15, 0.2) is 42.5 Å². The van der Waals surface area contributed by atoms with E-state index in [1.807, 2.05) is 19.1 Å². The first kappa shape index (κ1) is 15.6. The van der Waals surface area contributed by atoms with Crippen LogP contribution in [-0.2, 0) is 6.42 Å². The van der Waals surface area contributed by atoms with Crippen molar-refractivity contribution in [1.29, 1.82) is 0 Å². The predicted molar refractivity (Wildman–Crippen MR) is 85.8 cm³/mol. The fourth-order valence-corrected chi connectivity index (χ4v) is 2.13. The van der Waals surface area contributed by atoms with Gasteiger partial charge < -0.3 is 10.1 Å². The number of hydrogen-bond acceptors (Lipinski definition) is 2. The first-order valence-electron chi connectivity index (χ1n) is 7.03. The zero-order valence-corrected chi connectivity index (χ0v) is 13.0. The van der Waals surface area contributed by atoms with Gasteiger partial charge in [0, 0.05) is 5.69 Å². The average Bonchev–Trinajstić information content (AvgIpc) is 2.49. The van der Waals surface area contributed by atoms with Gasteiger partial charge in [0.2, 0.25) is 0 Å². The van der Waals surface area contributed by atoms with E-state index in [0.717, 1.165) is 17.9 Å². The van der Waals surface area contributed by atoms with Crippen molar-refractivity contribution in [2.24, 2.45) is 0 Å². The minimum atomic E-state index is -0.414. The third-order valence-electron chi connectivity index (χ3n) is 3.18. The van der Waals surface area contributed by atoms with Gasteiger partial charge in [-0.2, -0.15) is 0 Å². The number of aryl methyl sites for hydroxylation is 1. The maximum Gasteiger partial charge on any atom is 0.141 e. The summed E-state index contributed by atoms with van der Waals surface area (Å²) in [7, 11) is 0. The highest BCUT2D eigenvalue weighted by Gasteiger charge is 2.05. The Morgan fingerprint density at radius 3 is 2.52 bits per heavy atom. The van der Waals surface area contributed by atoms with Gasteiger partial charge in [-0.15, -0.1) is 0 Å². The molecule has 1 N–H and O–H groups in total. The van der Waals surface area contributed by atoms with Crippen LogP contribution in [0.3, 0.4) is 0 Å². The highest BCUT2D eigenvalue weighted by atomic mass is 35.5. The number of benzene rings is 2. The van der Waals surface area contributed by atoms with Crippen LogP contribution >= 0.6 is 11.6 Å². The highest BCUT2D eigenvalue weighted by molar-refractivity contribution is 6.31. The summed E-state index contributed by atoms with van der Waals surface area (Å²) in [4.78, 5) is 0. The Labute approximate surface area is 129 Å². The second-order valence-electron chi connectivity index (χ2n) is 4.94. The van der Waals surface area contributed by atoms with E-state index in [1.54, 1.807) is 12.1 Å². The molecular weight excluding hydrogens is 289 g/mol. The van der Waals surface area contributed by atoms with Crippen LogP contribution in [0.5, 0.6) is 5.75 Å². The third kappa shape index (κ3) is 4.64. The molecule has 112 valence electrons. The van der Waals surface area contributed by atoms with Crippen molar-refractivity contribution in [2.75, 3.05) is 11.9 Å². The molecule has 0 spiro atoms. The molecule has 0 aliphatic heterocycles. The predicted octanol–water partition coefficient (Wildman–Crippen LogP) is 4.92. The Morgan fingerprint density at radius 1 is 1.19 bits per heavy atom. The lowest BCUT2D eigenvalue weighted by molar-refractivity contribution is 0.234. The van der Waals surface area contributed by atoms with Crippen LogP contribution in [0.2, 0.25) is 5.02 Å². The molecule has 21 heavy (non-hydrogen) atoms. The summed E-state index contributed by atoms with van der Waals surface area (Å²) < 4.78 is 18.9. The molecule has 0 heterocycles. The van der Waals surface area contributed by atoms with Gasteiger partial charge in [-0.3, -0.25) is 0 Å². The van der Waals surface area contributed by atoms with E-state index in [1.165, 1.54) is 11.6 Å². The number of nitrogens with one attached hydrogen (secondary N) is 1. The summed E-state index contributed by atoms with van der Waals surface area (Å²) >= 11 is 5.74. The fraction of sp³-hybridized carbons (Fsp3) is 0.294. The topological polar surface area (TPSA) is 21.3 Å². The maximum atomic E-state index is 13.1. The van der Waals surface area contributed by atoms with Crippen LogP contribution in [0.1, 0.15) is 19.4 Å². The lowest BCUT2D eigenvalue weighted by Gasteiger charge is -2.16. The second kappa shape index (κ2) is 7.32. The third-order valence-corrected chi connectivity index (χ3v) is 3.47.